The number of amides is 2. The SMILES string of the molecule is C=CCNC(=O)C(=O)NCc1ccc(C(=O)c2ccccc2)s1. The average molecular weight is 328 g/mol. The molecule has 0 atom stereocenters. The van der Waals surface area contributed by atoms with Crippen LogP contribution in [-0.4, -0.2) is 24.1 Å². The molecule has 0 radical (unpaired) electrons. The molecule has 2 amide bonds. The lowest BCUT2D eigenvalue weighted by molar-refractivity contribution is -0.139. The molecule has 2 N–H and O–H groups in total. The first-order valence-electron chi connectivity index (χ1n) is 6.97. The maximum absolute atomic E-state index is 12.3. The monoisotopic (exact) mass is 328 g/mol. The number of carbonyl (C=O) groups excluding carboxylic acids is 3. The fourth-order valence-electron chi connectivity index (χ4n) is 1.82. The molecule has 0 unspecified atom stereocenters. The highest BCUT2D eigenvalue weighted by Crippen LogP contribution is 2.19. The Morgan fingerprint density at radius 2 is 1.70 bits per heavy atom. The minimum absolute atomic E-state index is 0.0584. The van der Waals surface area contributed by atoms with Crippen molar-refractivity contribution < 1.29 is 14.4 Å². The molecular formula is C17H16N2O3S. The van der Waals surface area contributed by atoms with Crippen molar-refractivity contribution >= 4 is 28.9 Å². The highest BCUT2D eigenvalue weighted by Gasteiger charge is 2.14. The normalized spacial score (nSPS) is 9.91. The number of hydrogen-bond donors (Lipinski definition) is 2. The number of hydrogen-bond acceptors (Lipinski definition) is 4. The molecule has 1 heterocycles. The van der Waals surface area contributed by atoms with E-state index in [0.29, 0.717) is 10.4 Å². The smallest absolute Gasteiger partial charge is 0.309 e. The summed E-state index contributed by atoms with van der Waals surface area (Å²) in [5, 5.41) is 4.91. The first-order chi connectivity index (χ1) is 11.1. The summed E-state index contributed by atoms with van der Waals surface area (Å²) in [7, 11) is 0. The molecular weight excluding hydrogens is 312 g/mol. The number of ketones is 1. The van der Waals surface area contributed by atoms with Gasteiger partial charge in [0.05, 0.1) is 11.4 Å². The van der Waals surface area contributed by atoms with Gasteiger partial charge in [0.25, 0.3) is 0 Å². The molecule has 0 aliphatic carbocycles. The molecule has 0 saturated heterocycles. The van der Waals surface area contributed by atoms with Gasteiger partial charge in [0, 0.05) is 17.0 Å². The van der Waals surface area contributed by atoms with Gasteiger partial charge in [-0.1, -0.05) is 36.4 Å². The molecule has 1 aromatic heterocycles. The minimum atomic E-state index is -0.712. The Kier molecular flexibility index (Phi) is 5.82. The molecule has 2 aromatic rings. The second kappa shape index (κ2) is 8.05. The predicted octanol–water partition coefficient (Wildman–Crippen LogP) is 1.90. The van der Waals surface area contributed by atoms with Crippen LogP contribution in [0.3, 0.4) is 0 Å². The molecule has 0 fully saturated rings. The summed E-state index contributed by atoms with van der Waals surface area (Å²) in [6.45, 7) is 3.89. The predicted molar refractivity (Wildman–Crippen MR) is 89.2 cm³/mol. The van der Waals surface area contributed by atoms with Gasteiger partial charge in [-0.15, -0.1) is 17.9 Å². The Bertz CT molecular complexity index is 722. The van der Waals surface area contributed by atoms with Crippen LogP contribution >= 0.6 is 11.3 Å². The Hall–Kier alpha value is -2.73. The Morgan fingerprint density at radius 1 is 1.00 bits per heavy atom. The molecule has 5 nitrogen and oxygen atoms in total. The molecule has 118 valence electrons. The Morgan fingerprint density at radius 3 is 2.39 bits per heavy atom. The third-order valence-electron chi connectivity index (χ3n) is 2.96. The fourth-order valence-corrected chi connectivity index (χ4v) is 2.73. The van der Waals surface area contributed by atoms with Crippen molar-refractivity contribution in [3.8, 4) is 0 Å². The molecule has 0 aliphatic rings. The Labute approximate surface area is 138 Å². The second-order valence-corrected chi connectivity index (χ2v) is 5.81. The van der Waals surface area contributed by atoms with E-state index in [2.05, 4.69) is 17.2 Å². The van der Waals surface area contributed by atoms with Crippen molar-refractivity contribution in [2.75, 3.05) is 6.54 Å². The Balaban J connectivity index is 1.92. The van der Waals surface area contributed by atoms with E-state index in [1.54, 1.807) is 24.3 Å². The van der Waals surface area contributed by atoms with E-state index in [0.717, 1.165) is 4.88 Å². The molecule has 2 rings (SSSR count). The van der Waals surface area contributed by atoms with Crippen LogP contribution in [0.25, 0.3) is 0 Å². The van der Waals surface area contributed by atoms with Crippen LogP contribution in [0.1, 0.15) is 20.1 Å². The van der Waals surface area contributed by atoms with Gasteiger partial charge >= 0.3 is 11.8 Å². The van der Waals surface area contributed by atoms with Crippen LogP contribution in [0.15, 0.2) is 55.1 Å². The van der Waals surface area contributed by atoms with Crippen molar-refractivity contribution in [2.24, 2.45) is 0 Å². The summed E-state index contributed by atoms with van der Waals surface area (Å²) in [6.07, 6.45) is 1.49. The fraction of sp³-hybridized carbons (Fsp3) is 0.118. The van der Waals surface area contributed by atoms with Gasteiger partial charge in [-0.2, -0.15) is 0 Å². The van der Waals surface area contributed by atoms with Crippen LogP contribution in [0.5, 0.6) is 0 Å². The zero-order chi connectivity index (χ0) is 16.7. The highest BCUT2D eigenvalue weighted by atomic mass is 32.1. The molecule has 0 bridgehead atoms. The first kappa shape index (κ1) is 16.6. The molecule has 6 heteroatoms. The van der Waals surface area contributed by atoms with Crippen molar-refractivity contribution in [1.29, 1.82) is 0 Å². The highest BCUT2D eigenvalue weighted by molar-refractivity contribution is 7.14. The van der Waals surface area contributed by atoms with E-state index >= 15 is 0 Å². The largest absolute Gasteiger partial charge is 0.344 e. The zero-order valence-electron chi connectivity index (χ0n) is 12.4. The number of nitrogens with one attached hydrogen (secondary N) is 2. The lowest BCUT2D eigenvalue weighted by atomic mass is 10.1. The van der Waals surface area contributed by atoms with Crippen LogP contribution < -0.4 is 10.6 Å². The van der Waals surface area contributed by atoms with Crippen LogP contribution in [0.4, 0.5) is 0 Å². The average Bonchev–Trinajstić information content (AvgIpc) is 3.06. The van der Waals surface area contributed by atoms with Crippen molar-refractivity contribution in [1.82, 2.24) is 10.6 Å². The van der Waals surface area contributed by atoms with E-state index in [9.17, 15) is 14.4 Å². The van der Waals surface area contributed by atoms with Gasteiger partial charge < -0.3 is 10.6 Å². The van der Waals surface area contributed by atoms with Gasteiger partial charge in [-0.3, -0.25) is 14.4 Å². The van der Waals surface area contributed by atoms with Crippen LogP contribution in [-0.2, 0) is 16.1 Å². The van der Waals surface area contributed by atoms with Crippen molar-refractivity contribution in [2.45, 2.75) is 6.54 Å². The quantitative estimate of drug-likeness (QED) is 0.483. The second-order valence-electron chi connectivity index (χ2n) is 4.64. The van der Waals surface area contributed by atoms with E-state index in [1.165, 1.54) is 17.4 Å². The summed E-state index contributed by atoms with van der Waals surface area (Å²) < 4.78 is 0. The maximum atomic E-state index is 12.3. The van der Waals surface area contributed by atoms with Gasteiger partial charge in [0.2, 0.25) is 5.78 Å². The number of carbonyl (C=O) groups is 3. The van der Waals surface area contributed by atoms with Crippen LogP contribution in [0.2, 0.25) is 0 Å². The first-order valence-corrected chi connectivity index (χ1v) is 7.79. The number of benzene rings is 1. The van der Waals surface area contributed by atoms with Gasteiger partial charge in [-0.05, 0) is 12.1 Å². The summed E-state index contributed by atoms with van der Waals surface area (Å²) in [4.78, 5) is 36.6. The standard InChI is InChI=1S/C17H16N2O3S/c1-2-10-18-16(21)17(22)19-11-13-8-9-14(23-13)15(20)12-6-4-3-5-7-12/h2-9H,1,10-11H2,(H,18,21)(H,19,22). The summed E-state index contributed by atoms with van der Waals surface area (Å²) in [5.41, 5.74) is 0.619. The molecule has 0 aliphatic heterocycles. The van der Waals surface area contributed by atoms with Gasteiger partial charge in [0.1, 0.15) is 0 Å². The summed E-state index contributed by atoms with van der Waals surface area (Å²) in [5.74, 6) is -1.48. The van der Waals surface area contributed by atoms with Gasteiger partial charge in [0.15, 0.2) is 0 Å². The molecule has 23 heavy (non-hydrogen) atoms. The minimum Gasteiger partial charge on any atom is -0.344 e. The van der Waals surface area contributed by atoms with E-state index in [4.69, 9.17) is 0 Å². The van der Waals surface area contributed by atoms with Crippen LogP contribution in [0, 0.1) is 0 Å². The summed E-state index contributed by atoms with van der Waals surface area (Å²) in [6, 6.07) is 12.5. The summed E-state index contributed by atoms with van der Waals surface area (Å²) >= 11 is 1.30. The number of rotatable bonds is 6. The molecule has 0 saturated carbocycles. The zero-order valence-corrected chi connectivity index (χ0v) is 13.2. The van der Waals surface area contributed by atoms with E-state index < -0.39 is 11.8 Å². The lowest BCUT2D eigenvalue weighted by Crippen LogP contribution is -2.39. The lowest BCUT2D eigenvalue weighted by Gasteiger charge is -2.03. The van der Waals surface area contributed by atoms with Crippen molar-refractivity contribution in [3.05, 3.63) is 70.4 Å². The van der Waals surface area contributed by atoms with Crippen molar-refractivity contribution in [3.63, 3.8) is 0 Å². The molecule has 1 aromatic carbocycles. The van der Waals surface area contributed by atoms with Gasteiger partial charge in [-0.25, -0.2) is 0 Å². The third-order valence-corrected chi connectivity index (χ3v) is 4.04. The topological polar surface area (TPSA) is 75.3 Å². The van der Waals surface area contributed by atoms with E-state index in [-0.39, 0.29) is 18.9 Å². The third kappa shape index (κ3) is 4.62. The number of thiophene rings is 1. The maximum Gasteiger partial charge on any atom is 0.309 e. The molecule has 0 spiro atoms. The van der Waals surface area contributed by atoms with E-state index in [1.807, 2.05) is 18.2 Å².